The second kappa shape index (κ2) is 6.75. The van der Waals surface area contributed by atoms with Crippen molar-refractivity contribution in [3.63, 3.8) is 0 Å². The quantitative estimate of drug-likeness (QED) is 0.821. The Morgan fingerprint density at radius 1 is 1.42 bits per heavy atom. The van der Waals surface area contributed by atoms with E-state index in [-0.39, 0.29) is 6.03 Å². The predicted molar refractivity (Wildman–Crippen MR) is 71.1 cm³/mol. The van der Waals surface area contributed by atoms with Gasteiger partial charge in [0.05, 0.1) is 6.61 Å². The number of rotatable bonds is 5. The van der Waals surface area contributed by atoms with Gasteiger partial charge in [0, 0.05) is 26.7 Å². The number of likely N-dealkylation sites (tertiary alicyclic amines) is 1. The summed E-state index contributed by atoms with van der Waals surface area (Å²) in [6.45, 7) is 5.51. The number of hydrogen-bond donors (Lipinski definition) is 1. The van der Waals surface area contributed by atoms with Crippen molar-refractivity contribution in [3.8, 4) is 0 Å². The van der Waals surface area contributed by atoms with Crippen LogP contribution in [-0.4, -0.2) is 65.8 Å². The third-order valence-electron chi connectivity index (χ3n) is 3.80. The van der Waals surface area contributed by atoms with Crippen molar-refractivity contribution in [2.24, 2.45) is 0 Å². The van der Waals surface area contributed by atoms with Gasteiger partial charge in [0.25, 0.3) is 0 Å². The third-order valence-corrected chi connectivity index (χ3v) is 3.80. The highest BCUT2D eigenvalue weighted by molar-refractivity contribution is 5.86. The Bertz CT molecular complexity index is 335. The van der Waals surface area contributed by atoms with E-state index >= 15 is 0 Å². The molecule has 1 fully saturated rings. The van der Waals surface area contributed by atoms with Crippen LogP contribution in [0.3, 0.4) is 0 Å². The van der Waals surface area contributed by atoms with Crippen LogP contribution in [0.2, 0.25) is 0 Å². The fourth-order valence-electron chi connectivity index (χ4n) is 2.41. The van der Waals surface area contributed by atoms with Gasteiger partial charge in [-0.1, -0.05) is 0 Å². The molecule has 0 radical (unpaired) electrons. The van der Waals surface area contributed by atoms with E-state index in [1.807, 2.05) is 6.92 Å². The lowest BCUT2D eigenvalue weighted by Crippen LogP contribution is -2.60. The second-order valence-electron chi connectivity index (χ2n) is 5.04. The number of likely N-dealkylation sites (N-methyl/N-ethyl adjacent to an activating group) is 1. The number of amides is 2. The van der Waals surface area contributed by atoms with Gasteiger partial charge in [0.1, 0.15) is 5.54 Å². The maximum atomic E-state index is 12.5. The molecule has 1 heterocycles. The first-order chi connectivity index (χ1) is 8.97. The average molecular weight is 272 g/mol. The highest BCUT2D eigenvalue weighted by Gasteiger charge is 2.44. The molecule has 1 saturated heterocycles. The highest BCUT2D eigenvalue weighted by Crippen LogP contribution is 2.29. The summed E-state index contributed by atoms with van der Waals surface area (Å²) in [5, 5.41) is 9.41. The maximum Gasteiger partial charge on any atom is 0.329 e. The van der Waals surface area contributed by atoms with Crippen molar-refractivity contribution in [3.05, 3.63) is 0 Å². The zero-order valence-electron chi connectivity index (χ0n) is 12.0. The van der Waals surface area contributed by atoms with E-state index in [1.165, 1.54) is 4.90 Å². The first kappa shape index (κ1) is 15.8. The lowest BCUT2D eigenvalue weighted by molar-refractivity contribution is -0.150. The number of aliphatic carboxylic acids is 1. The summed E-state index contributed by atoms with van der Waals surface area (Å²) in [6.07, 6.45) is 2.21. The molecule has 0 spiro atoms. The lowest BCUT2D eigenvalue weighted by atomic mass is 9.89. The smallest absolute Gasteiger partial charge is 0.329 e. The molecule has 0 aromatic carbocycles. The van der Waals surface area contributed by atoms with E-state index in [0.717, 1.165) is 12.8 Å². The molecule has 6 nitrogen and oxygen atoms in total. The summed E-state index contributed by atoms with van der Waals surface area (Å²) in [5.74, 6) is -0.927. The summed E-state index contributed by atoms with van der Waals surface area (Å²) in [5.41, 5.74) is -1.09. The van der Waals surface area contributed by atoms with Gasteiger partial charge in [0.15, 0.2) is 0 Å². The minimum atomic E-state index is -1.09. The molecule has 0 aromatic rings. The van der Waals surface area contributed by atoms with Crippen molar-refractivity contribution in [1.29, 1.82) is 0 Å². The van der Waals surface area contributed by atoms with Crippen molar-refractivity contribution in [1.82, 2.24) is 9.80 Å². The van der Waals surface area contributed by atoms with Crippen molar-refractivity contribution >= 4 is 12.0 Å². The van der Waals surface area contributed by atoms with Crippen LogP contribution >= 0.6 is 0 Å². The molecule has 19 heavy (non-hydrogen) atoms. The first-order valence-corrected chi connectivity index (χ1v) is 6.76. The minimum absolute atomic E-state index is 0.204. The molecule has 1 aliphatic rings. The number of carbonyl (C=O) groups is 2. The van der Waals surface area contributed by atoms with E-state index in [0.29, 0.717) is 32.7 Å². The highest BCUT2D eigenvalue weighted by atomic mass is 16.5. The number of ether oxygens (including phenoxy) is 1. The molecule has 6 heteroatoms. The number of hydrogen-bond acceptors (Lipinski definition) is 3. The Morgan fingerprint density at radius 2 is 2.11 bits per heavy atom. The van der Waals surface area contributed by atoms with Gasteiger partial charge in [0.2, 0.25) is 0 Å². The molecule has 110 valence electrons. The van der Waals surface area contributed by atoms with Gasteiger partial charge in [-0.3, -0.25) is 0 Å². The lowest BCUT2D eigenvalue weighted by Gasteiger charge is -2.43. The van der Waals surface area contributed by atoms with E-state index in [1.54, 1.807) is 18.9 Å². The van der Waals surface area contributed by atoms with Gasteiger partial charge >= 0.3 is 12.0 Å². The SMILES string of the molecule is CCN(CCOC)C(=O)N1CCCCC1(C)C(=O)O. The first-order valence-electron chi connectivity index (χ1n) is 6.76. The zero-order chi connectivity index (χ0) is 14.5. The van der Waals surface area contributed by atoms with Gasteiger partial charge in [-0.25, -0.2) is 9.59 Å². The average Bonchev–Trinajstić information content (AvgIpc) is 2.39. The Kier molecular flexibility index (Phi) is 5.60. The Morgan fingerprint density at radius 3 is 2.63 bits per heavy atom. The van der Waals surface area contributed by atoms with Crippen molar-refractivity contribution in [2.45, 2.75) is 38.6 Å². The monoisotopic (exact) mass is 272 g/mol. The number of carboxylic acid groups (broad SMARTS) is 1. The summed E-state index contributed by atoms with van der Waals surface area (Å²) in [6, 6.07) is -0.204. The molecule has 1 rings (SSSR count). The van der Waals surface area contributed by atoms with Crippen LogP contribution in [0, 0.1) is 0 Å². The molecule has 0 aromatic heterocycles. The van der Waals surface area contributed by atoms with Gasteiger partial charge in [-0.15, -0.1) is 0 Å². The summed E-state index contributed by atoms with van der Waals surface area (Å²) < 4.78 is 4.98. The number of nitrogens with zero attached hydrogens (tertiary/aromatic N) is 2. The number of piperidine rings is 1. The number of urea groups is 1. The minimum Gasteiger partial charge on any atom is -0.480 e. The zero-order valence-corrected chi connectivity index (χ0v) is 12.0. The normalized spacial score (nSPS) is 23.2. The molecule has 0 aliphatic carbocycles. The van der Waals surface area contributed by atoms with Crippen LogP contribution in [0.25, 0.3) is 0 Å². The maximum absolute atomic E-state index is 12.5. The summed E-state index contributed by atoms with van der Waals surface area (Å²) in [4.78, 5) is 27.1. The number of carbonyl (C=O) groups excluding carboxylic acids is 1. The van der Waals surface area contributed by atoms with E-state index in [9.17, 15) is 14.7 Å². The van der Waals surface area contributed by atoms with E-state index in [4.69, 9.17) is 4.74 Å². The molecular weight excluding hydrogens is 248 g/mol. The van der Waals surface area contributed by atoms with Crippen molar-refractivity contribution < 1.29 is 19.4 Å². The van der Waals surface area contributed by atoms with Crippen LogP contribution in [0.15, 0.2) is 0 Å². The Balaban J connectivity index is 2.84. The topological polar surface area (TPSA) is 70.1 Å². The Hall–Kier alpha value is -1.30. The molecule has 2 amide bonds. The molecule has 1 N–H and O–H groups in total. The third kappa shape index (κ3) is 3.37. The number of carboxylic acids is 1. The molecule has 1 aliphatic heterocycles. The predicted octanol–water partition coefficient (Wildman–Crippen LogP) is 1.40. The van der Waals surface area contributed by atoms with Gasteiger partial charge in [-0.2, -0.15) is 0 Å². The standard InChI is InChI=1S/C13H24N2O4/c1-4-14(9-10-19-3)12(18)15-8-6-5-7-13(15,2)11(16)17/h4-10H2,1-3H3,(H,16,17). The molecule has 0 bridgehead atoms. The van der Waals surface area contributed by atoms with Gasteiger partial charge in [-0.05, 0) is 33.1 Å². The van der Waals surface area contributed by atoms with Crippen LogP contribution in [0.4, 0.5) is 4.79 Å². The fourth-order valence-corrected chi connectivity index (χ4v) is 2.41. The van der Waals surface area contributed by atoms with E-state index in [2.05, 4.69) is 0 Å². The largest absolute Gasteiger partial charge is 0.480 e. The molecular formula is C13H24N2O4. The van der Waals surface area contributed by atoms with Gasteiger partial charge < -0.3 is 19.6 Å². The fraction of sp³-hybridized carbons (Fsp3) is 0.846. The van der Waals surface area contributed by atoms with Crippen LogP contribution in [0.1, 0.15) is 33.1 Å². The molecule has 0 saturated carbocycles. The summed E-state index contributed by atoms with van der Waals surface area (Å²) in [7, 11) is 1.58. The van der Waals surface area contributed by atoms with E-state index < -0.39 is 11.5 Å². The van der Waals surface area contributed by atoms with Crippen LogP contribution < -0.4 is 0 Å². The second-order valence-corrected chi connectivity index (χ2v) is 5.04. The van der Waals surface area contributed by atoms with Crippen LogP contribution in [0.5, 0.6) is 0 Å². The number of methoxy groups -OCH3 is 1. The summed E-state index contributed by atoms with van der Waals surface area (Å²) >= 11 is 0. The Labute approximate surface area is 114 Å². The molecule has 1 unspecified atom stereocenters. The van der Waals surface area contributed by atoms with Crippen molar-refractivity contribution in [2.75, 3.05) is 33.4 Å². The molecule has 1 atom stereocenters. The van der Waals surface area contributed by atoms with Crippen LogP contribution in [-0.2, 0) is 9.53 Å².